The maximum absolute atomic E-state index is 6.02. The Morgan fingerprint density at radius 1 is 1.18 bits per heavy atom. The molecule has 88 valence electrons. The van der Waals surface area contributed by atoms with Crippen LogP contribution in [-0.4, -0.2) is 15.0 Å². The Hall–Kier alpha value is -1.68. The Morgan fingerprint density at radius 3 is 2.65 bits per heavy atom. The van der Waals surface area contributed by atoms with Crippen LogP contribution in [0, 0.1) is 13.8 Å². The number of pyridine rings is 1. The summed E-state index contributed by atoms with van der Waals surface area (Å²) in [6.45, 7) is 4.46. The van der Waals surface area contributed by atoms with Gasteiger partial charge in [0.2, 0.25) is 0 Å². The van der Waals surface area contributed by atoms with Crippen LogP contribution in [0.4, 0.5) is 5.69 Å². The third kappa shape index (κ3) is 2.91. The summed E-state index contributed by atoms with van der Waals surface area (Å²) in [5.41, 5.74) is 2.85. The van der Waals surface area contributed by atoms with Crippen molar-refractivity contribution in [3.8, 4) is 0 Å². The lowest BCUT2D eigenvalue weighted by atomic mass is 10.2. The summed E-state index contributed by atoms with van der Waals surface area (Å²) in [6.07, 6.45) is 3.44. The SMILES string of the molecule is Cc1nccc(CNc2c(C)ccnc2Cl)n1. The summed E-state index contributed by atoms with van der Waals surface area (Å²) in [4.78, 5) is 12.4. The third-order valence-electron chi connectivity index (χ3n) is 2.39. The van der Waals surface area contributed by atoms with Crippen LogP contribution in [0.25, 0.3) is 0 Å². The lowest BCUT2D eigenvalue weighted by Crippen LogP contribution is -2.05. The summed E-state index contributed by atoms with van der Waals surface area (Å²) < 4.78 is 0. The van der Waals surface area contributed by atoms with E-state index >= 15 is 0 Å². The van der Waals surface area contributed by atoms with Gasteiger partial charge in [-0.15, -0.1) is 0 Å². The zero-order valence-electron chi connectivity index (χ0n) is 9.74. The van der Waals surface area contributed by atoms with Gasteiger partial charge in [0.1, 0.15) is 5.82 Å². The molecule has 2 aromatic rings. The highest BCUT2D eigenvalue weighted by Crippen LogP contribution is 2.22. The van der Waals surface area contributed by atoms with Crippen LogP contribution in [0.5, 0.6) is 0 Å². The number of nitrogens with one attached hydrogen (secondary N) is 1. The summed E-state index contributed by atoms with van der Waals surface area (Å²) in [7, 11) is 0. The second kappa shape index (κ2) is 5.10. The number of aromatic nitrogens is 3. The van der Waals surface area contributed by atoms with E-state index in [1.165, 1.54) is 0 Å². The normalized spacial score (nSPS) is 10.3. The fraction of sp³-hybridized carbons (Fsp3) is 0.250. The maximum Gasteiger partial charge on any atom is 0.152 e. The topological polar surface area (TPSA) is 50.7 Å². The Labute approximate surface area is 105 Å². The smallest absolute Gasteiger partial charge is 0.152 e. The predicted octanol–water partition coefficient (Wildman–Crippen LogP) is 2.75. The van der Waals surface area contributed by atoms with Crippen molar-refractivity contribution in [3.63, 3.8) is 0 Å². The first-order chi connectivity index (χ1) is 8.16. The van der Waals surface area contributed by atoms with Crippen molar-refractivity contribution in [2.75, 3.05) is 5.32 Å². The van der Waals surface area contributed by atoms with E-state index in [4.69, 9.17) is 11.6 Å². The minimum Gasteiger partial charge on any atom is -0.377 e. The summed E-state index contributed by atoms with van der Waals surface area (Å²) in [5, 5.41) is 3.72. The second-order valence-electron chi connectivity index (χ2n) is 3.74. The molecule has 0 unspecified atom stereocenters. The molecule has 0 radical (unpaired) electrons. The van der Waals surface area contributed by atoms with Crippen molar-refractivity contribution >= 4 is 17.3 Å². The minimum absolute atomic E-state index is 0.482. The van der Waals surface area contributed by atoms with Gasteiger partial charge in [0, 0.05) is 12.4 Å². The highest BCUT2D eigenvalue weighted by molar-refractivity contribution is 6.32. The number of hydrogen-bond donors (Lipinski definition) is 1. The molecule has 2 rings (SSSR count). The maximum atomic E-state index is 6.02. The van der Waals surface area contributed by atoms with Crippen LogP contribution in [0.15, 0.2) is 24.5 Å². The number of anilines is 1. The fourth-order valence-electron chi connectivity index (χ4n) is 1.52. The van der Waals surface area contributed by atoms with Crippen molar-refractivity contribution in [2.24, 2.45) is 0 Å². The van der Waals surface area contributed by atoms with Crippen LogP contribution >= 0.6 is 11.6 Å². The Kier molecular flexibility index (Phi) is 3.54. The zero-order valence-corrected chi connectivity index (χ0v) is 10.5. The standard InChI is InChI=1S/C12H13ClN4/c1-8-3-5-15-12(13)11(8)16-7-10-4-6-14-9(2)17-10/h3-6,16H,7H2,1-2H3. The van der Waals surface area contributed by atoms with Crippen molar-refractivity contribution in [1.29, 1.82) is 0 Å². The lowest BCUT2D eigenvalue weighted by Gasteiger charge is -2.10. The van der Waals surface area contributed by atoms with Gasteiger partial charge in [-0.05, 0) is 31.5 Å². The number of rotatable bonds is 3. The van der Waals surface area contributed by atoms with Gasteiger partial charge in [0.05, 0.1) is 17.9 Å². The molecule has 17 heavy (non-hydrogen) atoms. The Morgan fingerprint density at radius 2 is 1.94 bits per heavy atom. The van der Waals surface area contributed by atoms with Crippen molar-refractivity contribution < 1.29 is 0 Å². The number of halogens is 1. The quantitative estimate of drug-likeness (QED) is 0.849. The van der Waals surface area contributed by atoms with Gasteiger partial charge in [0.25, 0.3) is 0 Å². The van der Waals surface area contributed by atoms with Gasteiger partial charge in [-0.3, -0.25) is 0 Å². The molecule has 0 atom stereocenters. The van der Waals surface area contributed by atoms with E-state index in [9.17, 15) is 0 Å². The van der Waals surface area contributed by atoms with Crippen LogP contribution in [0.1, 0.15) is 17.1 Å². The van der Waals surface area contributed by atoms with Gasteiger partial charge in [-0.1, -0.05) is 11.6 Å². The molecule has 0 fully saturated rings. The van der Waals surface area contributed by atoms with Crippen LogP contribution in [0.2, 0.25) is 5.15 Å². The van der Waals surface area contributed by atoms with E-state index in [1.54, 1.807) is 12.4 Å². The van der Waals surface area contributed by atoms with E-state index in [0.717, 1.165) is 22.8 Å². The average molecular weight is 249 g/mol. The number of nitrogens with zero attached hydrogens (tertiary/aromatic N) is 3. The van der Waals surface area contributed by atoms with E-state index < -0.39 is 0 Å². The van der Waals surface area contributed by atoms with Gasteiger partial charge >= 0.3 is 0 Å². The lowest BCUT2D eigenvalue weighted by molar-refractivity contribution is 0.953. The van der Waals surface area contributed by atoms with Crippen LogP contribution in [0.3, 0.4) is 0 Å². The monoisotopic (exact) mass is 248 g/mol. The Bertz CT molecular complexity index is 507. The molecule has 0 aromatic carbocycles. The number of hydrogen-bond acceptors (Lipinski definition) is 4. The number of aryl methyl sites for hydroxylation is 2. The minimum atomic E-state index is 0.482. The first-order valence-electron chi connectivity index (χ1n) is 5.30. The fourth-order valence-corrected chi connectivity index (χ4v) is 1.79. The van der Waals surface area contributed by atoms with E-state index in [1.807, 2.05) is 26.0 Å². The van der Waals surface area contributed by atoms with E-state index in [0.29, 0.717) is 11.7 Å². The highest BCUT2D eigenvalue weighted by atomic mass is 35.5. The van der Waals surface area contributed by atoms with Crippen LogP contribution < -0.4 is 5.32 Å². The van der Waals surface area contributed by atoms with Gasteiger partial charge in [0.15, 0.2) is 5.15 Å². The molecular weight excluding hydrogens is 236 g/mol. The zero-order chi connectivity index (χ0) is 12.3. The molecule has 2 heterocycles. The first-order valence-corrected chi connectivity index (χ1v) is 5.68. The second-order valence-corrected chi connectivity index (χ2v) is 4.10. The molecule has 0 saturated heterocycles. The highest BCUT2D eigenvalue weighted by Gasteiger charge is 2.04. The predicted molar refractivity (Wildman–Crippen MR) is 68.1 cm³/mol. The first kappa shape index (κ1) is 11.8. The molecule has 0 aliphatic rings. The molecule has 2 aromatic heterocycles. The van der Waals surface area contributed by atoms with Crippen molar-refractivity contribution in [1.82, 2.24) is 15.0 Å². The van der Waals surface area contributed by atoms with Crippen molar-refractivity contribution in [3.05, 3.63) is 46.8 Å². The molecule has 5 heteroatoms. The van der Waals surface area contributed by atoms with Gasteiger partial charge in [-0.25, -0.2) is 15.0 Å². The molecule has 0 aliphatic heterocycles. The molecule has 0 aliphatic carbocycles. The van der Waals surface area contributed by atoms with Gasteiger partial charge in [-0.2, -0.15) is 0 Å². The third-order valence-corrected chi connectivity index (χ3v) is 2.68. The molecular formula is C12H13ClN4. The molecule has 4 nitrogen and oxygen atoms in total. The summed E-state index contributed by atoms with van der Waals surface area (Å²) >= 11 is 6.02. The molecule has 1 N–H and O–H groups in total. The van der Waals surface area contributed by atoms with Gasteiger partial charge < -0.3 is 5.32 Å². The average Bonchev–Trinajstić information content (AvgIpc) is 2.28. The van der Waals surface area contributed by atoms with Crippen LogP contribution in [-0.2, 0) is 6.54 Å². The largest absolute Gasteiger partial charge is 0.377 e. The van der Waals surface area contributed by atoms with E-state index in [2.05, 4.69) is 20.3 Å². The Balaban J connectivity index is 2.13. The van der Waals surface area contributed by atoms with E-state index in [-0.39, 0.29) is 0 Å². The molecule has 0 saturated carbocycles. The molecule has 0 spiro atoms. The summed E-state index contributed by atoms with van der Waals surface area (Å²) in [5.74, 6) is 0.762. The summed E-state index contributed by atoms with van der Waals surface area (Å²) in [6, 6.07) is 3.79. The van der Waals surface area contributed by atoms with Crippen molar-refractivity contribution in [2.45, 2.75) is 20.4 Å². The molecule has 0 bridgehead atoms. The molecule has 0 amide bonds.